The monoisotopic (exact) mass is 275 g/mol. The zero-order valence-electron chi connectivity index (χ0n) is 8.43. The average molecular weight is 277 g/mol. The molecule has 1 nitrogen and oxygen atoms in total. The van der Waals surface area contributed by atoms with Gasteiger partial charge in [0.05, 0.1) is 0 Å². The molecule has 0 radical (unpaired) electrons. The molecule has 78 valence electrons. The maximum atomic E-state index is 6.13. The zero-order chi connectivity index (χ0) is 10.7. The molecule has 14 heavy (non-hydrogen) atoms. The maximum Gasteiger partial charge on any atom is 0.0417 e. The number of rotatable bonds is 3. The smallest absolute Gasteiger partial charge is 0.0417 e. The van der Waals surface area contributed by atoms with Crippen LogP contribution < -0.4 is 5.73 Å². The second-order valence-electron chi connectivity index (χ2n) is 3.58. The van der Waals surface area contributed by atoms with Gasteiger partial charge in [-0.25, -0.2) is 0 Å². The quantitative estimate of drug-likeness (QED) is 0.882. The van der Waals surface area contributed by atoms with Gasteiger partial charge in [-0.15, -0.1) is 0 Å². The van der Waals surface area contributed by atoms with Crippen molar-refractivity contribution in [1.29, 1.82) is 0 Å². The summed E-state index contributed by atoms with van der Waals surface area (Å²) in [5.74, 6) is 0.479. The fourth-order valence-corrected chi connectivity index (χ4v) is 2.28. The van der Waals surface area contributed by atoms with E-state index in [1.165, 1.54) is 0 Å². The van der Waals surface area contributed by atoms with Gasteiger partial charge in [0.2, 0.25) is 0 Å². The first kappa shape index (κ1) is 12.0. The molecule has 1 aromatic rings. The summed E-state index contributed by atoms with van der Waals surface area (Å²) in [7, 11) is 0. The van der Waals surface area contributed by atoms with Crippen molar-refractivity contribution in [2.24, 2.45) is 11.7 Å². The van der Waals surface area contributed by atoms with Crippen molar-refractivity contribution >= 4 is 27.5 Å². The molecule has 0 aliphatic carbocycles. The lowest BCUT2D eigenvalue weighted by molar-refractivity contribution is 0.455. The first-order valence-corrected chi connectivity index (χ1v) is 5.94. The van der Waals surface area contributed by atoms with Crippen LogP contribution in [0.25, 0.3) is 0 Å². The van der Waals surface area contributed by atoms with Crippen molar-refractivity contribution in [2.45, 2.75) is 26.3 Å². The Hall–Kier alpha value is -0.0500. The van der Waals surface area contributed by atoms with E-state index in [9.17, 15) is 0 Å². The van der Waals surface area contributed by atoms with E-state index in [4.69, 9.17) is 17.3 Å². The minimum Gasteiger partial charge on any atom is -0.324 e. The van der Waals surface area contributed by atoms with Gasteiger partial charge in [0, 0.05) is 15.5 Å². The molecule has 2 atom stereocenters. The van der Waals surface area contributed by atoms with Gasteiger partial charge in [-0.2, -0.15) is 0 Å². The zero-order valence-corrected chi connectivity index (χ0v) is 10.8. The highest BCUT2D eigenvalue weighted by Gasteiger charge is 2.15. The molecule has 0 aromatic heterocycles. The van der Waals surface area contributed by atoms with Crippen LogP contribution in [0.15, 0.2) is 22.7 Å². The molecule has 1 aromatic carbocycles. The molecule has 1 unspecified atom stereocenters. The van der Waals surface area contributed by atoms with Gasteiger partial charge in [0.1, 0.15) is 0 Å². The summed E-state index contributed by atoms with van der Waals surface area (Å²) in [5.41, 5.74) is 7.26. The van der Waals surface area contributed by atoms with E-state index in [2.05, 4.69) is 29.8 Å². The third-order valence-corrected chi connectivity index (χ3v) is 3.50. The molecular formula is C11H15BrClN. The van der Waals surface area contributed by atoms with E-state index in [1.54, 1.807) is 0 Å². The van der Waals surface area contributed by atoms with Gasteiger partial charge >= 0.3 is 0 Å². The summed E-state index contributed by atoms with van der Waals surface area (Å²) in [5, 5.41) is 0.733. The summed E-state index contributed by atoms with van der Waals surface area (Å²) >= 11 is 9.35. The molecular weight excluding hydrogens is 261 g/mol. The number of hydrogen-bond donors (Lipinski definition) is 1. The molecule has 3 heteroatoms. The molecule has 0 spiro atoms. The Morgan fingerprint density at radius 1 is 1.50 bits per heavy atom. The highest BCUT2D eigenvalue weighted by molar-refractivity contribution is 9.10. The summed E-state index contributed by atoms with van der Waals surface area (Å²) < 4.78 is 0.998. The third-order valence-electron chi connectivity index (χ3n) is 2.58. The molecule has 0 aliphatic rings. The Balaban J connectivity index is 2.95. The van der Waals surface area contributed by atoms with E-state index in [0.717, 1.165) is 21.5 Å². The van der Waals surface area contributed by atoms with E-state index >= 15 is 0 Å². The molecule has 0 bridgehead atoms. The van der Waals surface area contributed by atoms with Crippen molar-refractivity contribution in [3.8, 4) is 0 Å². The molecule has 2 N–H and O–H groups in total. The Morgan fingerprint density at radius 2 is 2.14 bits per heavy atom. The Labute approximate surface area is 98.8 Å². The number of hydrogen-bond acceptors (Lipinski definition) is 1. The van der Waals surface area contributed by atoms with Crippen molar-refractivity contribution < 1.29 is 0 Å². The van der Waals surface area contributed by atoms with Gasteiger partial charge in [-0.1, -0.05) is 53.9 Å². The first-order valence-electron chi connectivity index (χ1n) is 4.76. The summed E-state index contributed by atoms with van der Waals surface area (Å²) in [6, 6.07) is 5.83. The van der Waals surface area contributed by atoms with Crippen LogP contribution in [0.5, 0.6) is 0 Å². The van der Waals surface area contributed by atoms with E-state index in [1.807, 2.05) is 18.2 Å². The molecule has 0 saturated heterocycles. The molecule has 0 heterocycles. The highest BCUT2D eigenvalue weighted by Crippen LogP contribution is 2.30. The van der Waals surface area contributed by atoms with Gasteiger partial charge in [0.25, 0.3) is 0 Å². The van der Waals surface area contributed by atoms with Crippen molar-refractivity contribution in [3.63, 3.8) is 0 Å². The molecule has 0 fully saturated rings. The van der Waals surface area contributed by atoms with Gasteiger partial charge in [-0.3, -0.25) is 0 Å². The Bertz CT molecular complexity index is 314. The summed E-state index contributed by atoms with van der Waals surface area (Å²) in [6.07, 6.45) is 1.08. The minimum atomic E-state index is 0.0756. The van der Waals surface area contributed by atoms with E-state index in [0.29, 0.717) is 5.92 Å². The predicted molar refractivity (Wildman–Crippen MR) is 65.5 cm³/mol. The molecule has 0 saturated carbocycles. The van der Waals surface area contributed by atoms with Crippen molar-refractivity contribution in [2.75, 3.05) is 0 Å². The molecule has 1 rings (SSSR count). The van der Waals surface area contributed by atoms with Crippen LogP contribution in [0, 0.1) is 5.92 Å². The second kappa shape index (κ2) is 5.15. The van der Waals surface area contributed by atoms with E-state index < -0.39 is 0 Å². The fourth-order valence-electron chi connectivity index (χ4n) is 1.33. The maximum absolute atomic E-state index is 6.13. The van der Waals surface area contributed by atoms with Gasteiger partial charge in [0.15, 0.2) is 0 Å². The van der Waals surface area contributed by atoms with Crippen LogP contribution >= 0.6 is 27.5 Å². The second-order valence-corrected chi connectivity index (χ2v) is 4.87. The van der Waals surface area contributed by atoms with Crippen LogP contribution in [0.2, 0.25) is 5.02 Å². The van der Waals surface area contributed by atoms with Gasteiger partial charge in [-0.05, 0) is 23.6 Å². The SMILES string of the molecule is CCC(C)[C@H](N)c1ccc(Cl)cc1Br. The summed E-state index contributed by atoms with van der Waals surface area (Å²) in [6.45, 7) is 4.31. The lowest BCUT2D eigenvalue weighted by Crippen LogP contribution is -2.18. The number of halogens is 2. The normalized spacial score (nSPS) is 15.2. The van der Waals surface area contributed by atoms with Crippen LogP contribution in [0.4, 0.5) is 0 Å². The van der Waals surface area contributed by atoms with Crippen LogP contribution in [-0.4, -0.2) is 0 Å². The lowest BCUT2D eigenvalue weighted by atomic mass is 9.93. The van der Waals surface area contributed by atoms with Crippen molar-refractivity contribution in [1.82, 2.24) is 0 Å². The lowest BCUT2D eigenvalue weighted by Gasteiger charge is -2.20. The number of benzene rings is 1. The van der Waals surface area contributed by atoms with Crippen LogP contribution in [0.1, 0.15) is 31.9 Å². The van der Waals surface area contributed by atoms with Crippen molar-refractivity contribution in [3.05, 3.63) is 33.3 Å². The fraction of sp³-hybridized carbons (Fsp3) is 0.455. The van der Waals surface area contributed by atoms with Crippen LogP contribution in [-0.2, 0) is 0 Å². The standard InChI is InChI=1S/C11H15BrClN/c1-3-7(2)11(14)9-5-4-8(13)6-10(9)12/h4-7,11H,3,14H2,1-2H3/t7?,11-/m0/s1. The molecule has 0 amide bonds. The van der Waals surface area contributed by atoms with E-state index in [-0.39, 0.29) is 6.04 Å². The summed E-state index contributed by atoms with van der Waals surface area (Å²) in [4.78, 5) is 0. The first-order chi connectivity index (χ1) is 6.56. The molecule has 0 aliphatic heterocycles. The third kappa shape index (κ3) is 2.72. The van der Waals surface area contributed by atoms with Gasteiger partial charge < -0.3 is 5.73 Å². The Morgan fingerprint density at radius 3 is 2.64 bits per heavy atom. The Kier molecular flexibility index (Phi) is 4.42. The number of nitrogens with two attached hydrogens (primary N) is 1. The topological polar surface area (TPSA) is 26.0 Å². The van der Waals surface area contributed by atoms with Crippen LogP contribution in [0.3, 0.4) is 0 Å². The largest absolute Gasteiger partial charge is 0.324 e. The minimum absolute atomic E-state index is 0.0756. The average Bonchev–Trinajstić information content (AvgIpc) is 2.15. The highest BCUT2D eigenvalue weighted by atomic mass is 79.9. The predicted octanol–water partition coefficient (Wildman–Crippen LogP) is 4.15.